The molecule has 0 unspecified atom stereocenters. The van der Waals surface area contributed by atoms with E-state index in [0.717, 1.165) is 12.0 Å². The Bertz CT molecular complexity index is 652. The quantitative estimate of drug-likeness (QED) is 0.816. The molecule has 0 aliphatic carbocycles. The van der Waals surface area contributed by atoms with Crippen LogP contribution in [0.5, 0.6) is 5.75 Å². The Morgan fingerprint density at radius 2 is 1.71 bits per heavy atom. The van der Waals surface area contributed by atoms with Crippen LogP contribution in [0.25, 0.3) is 0 Å². The molecular weight excluding hydrogens is 305 g/mol. The van der Waals surface area contributed by atoms with Gasteiger partial charge in [-0.3, -0.25) is 4.79 Å². The van der Waals surface area contributed by atoms with E-state index in [4.69, 9.17) is 4.74 Å². The van der Waals surface area contributed by atoms with E-state index in [-0.39, 0.29) is 17.8 Å². The number of ether oxygens (including phenoxy) is 1. The van der Waals surface area contributed by atoms with Gasteiger partial charge >= 0.3 is 0 Å². The average molecular weight is 329 g/mol. The molecule has 0 bridgehead atoms. The first-order valence-electron chi connectivity index (χ1n) is 8.35. The van der Waals surface area contributed by atoms with Gasteiger partial charge in [0.15, 0.2) is 6.10 Å². The summed E-state index contributed by atoms with van der Waals surface area (Å²) in [6.07, 6.45) is 0.919. The van der Waals surface area contributed by atoms with Crippen LogP contribution in [-0.2, 0) is 11.2 Å². The average Bonchev–Trinajstić information content (AvgIpc) is 2.61. The first-order chi connectivity index (χ1) is 11.5. The third-order valence-corrected chi connectivity index (χ3v) is 4.00. The summed E-state index contributed by atoms with van der Waals surface area (Å²) < 4.78 is 18.6. The second kappa shape index (κ2) is 8.48. The van der Waals surface area contributed by atoms with Crippen molar-refractivity contribution in [2.45, 2.75) is 45.8 Å². The standard InChI is InChI=1S/C20H24FNO2/c1-4-15-6-8-16(9-7-15)14(3)22-20(23)19(5-2)24-18-12-10-17(21)11-13-18/h6-14,19H,4-5H2,1-3H3,(H,22,23)/t14-,19-/m0/s1. The lowest BCUT2D eigenvalue weighted by molar-refractivity contribution is -0.128. The molecule has 1 amide bonds. The van der Waals surface area contributed by atoms with Gasteiger partial charge in [-0.2, -0.15) is 0 Å². The van der Waals surface area contributed by atoms with E-state index in [1.54, 1.807) is 0 Å². The largest absolute Gasteiger partial charge is 0.481 e. The third kappa shape index (κ3) is 4.82. The monoisotopic (exact) mass is 329 g/mol. The van der Waals surface area contributed by atoms with E-state index in [1.165, 1.54) is 29.8 Å². The first kappa shape index (κ1) is 18.0. The summed E-state index contributed by atoms with van der Waals surface area (Å²) >= 11 is 0. The number of hydrogen-bond donors (Lipinski definition) is 1. The molecule has 2 aromatic carbocycles. The summed E-state index contributed by atoms with van der Waals surface area (Å²) in [6.45, 7) is 5.94. The lowest BCUT2D eigenvalue weighted by atomic mass is 10.0. The van der Waals surface area contributed by atoms with E-state index in [0.29, 0.717) is 12.2 Å². The first-order valence-corrected chi connectivity index (χ1v) is 8.35. The number of carbonyl (C=O) groups is 1. The summed E-state index contributed by atoms with van der Waals surface area (Å²) in [5.41, 5.74) is 2.32. The molecule has 0 aliphatic heterocycles. The second-order valence-corrected chi connectivity index (χ2v) is 5.79. The smallest absolute Gasteiger partial charge is 0.261 e. The highest BCUT2D eigenvalue weighted by atomic mass is 19.1. The maximum Gasteiger partial charge on any atom is 0.261 e. The number of benzene rings is 2. The van der Waals surface area contributed by atoms with Gasteiger partial charge < -0.3 is 10.1 Å². The van der Waals surface area contributed by atoms with Crippen molar-refractivity contribution in [3.63, 3.8) is 0 Å². The van der Waals surface area contributed by atoms with E-state index < -0.39 is 6.10 Å². The van der Waals surface area contributed by atoms with Crippen LogP contribution >= 0.6 is 0 Å². The molecule has 0 spiro atoms. The fourth-order valence-electron chi connectivity index (χ4n) is 2.43. The zero-order chi connectivity index (χ0) is 17.5. The van der Waals surface area contributed by atoms with Crippen molar-refractivity contribution in [1.82, 2.24) is 5.32 Å². The van der Waals surface area contributed by atoms with Crippen molar-refractivity contribution < 1.29 is 13.9 Å². The Labute approximate surface area is 142 Å². The second-order valence-electron chi connectivity index (χ2n) is 5.79. The Balaban J connectivity index is 1.98. The molecule has 0 saturated heterocycles. The summed E-state index contributed by atoms with van der Waals surface area (Å²) in [5, 5.41) is 2.98. The molecular formula is C20H24FNO2. The predicted octanol–water partition coefficient (Wildman–Crippen LogP) is 4.42. The molecule has 1 N–H and O–H groups in total. The van der Waals surface area contributed by atoms with E-state index >= 15 is 0 Å². The molecule has 0 heterocycles. The molecule has 0 saturated carbocycles. The van der Waals surface area contributed by atoms with Gasteiger partial charge in [-0.25, -0.2) is 4.39 Å². The van der Waals surface area contributed by atoms with Gasteiger partial charge in [-0.15, -0.1) is 0 Å². The van der Waals surface area contributed by atoms with Crippen molar-refractivity contribution in [3.05, 3.63) is 65.5 Å². The fourth-order valence-corrected chi connectivity index (χ4v) is 2.43. The summed E-state index contributed by atoms with van der Waals surface area (Å²) in [4.78, 5) is 12.4. The molecule has 2 aromatic rings. The van der Waals surface area contributed by atoms with Crippen LogP contribution in [0.4, 0.5) is 4.39 Å². The molecule has 0 aromatic heterocycles. The van der Waals surface area contributed by atoms with Crippen LogP contribution in [0.2, 0.25) is 0 Å². The SMILES string of the molecule is CCc1ccc([C@H](C)NC(=O)[C@H](CC)Oc2ccc(F)cc2)cc1. The van der Waals surface area contributed by atoms with Crippen LogP contribution in [0.1, 0.15) is 44.4 Å². The number of rotatable bonds is 7. The highest BCUT2D eigenvalue weighted by Crippen LogP contribution is 2.17. The zero-order valence-electron chi connectivity index (χ0n) is 14.4. The number of halogens is 1. The van der Waals surface area contributed by atoms with Crippen molar-refractivity contribution in [2.24, 2.45) is 0 Å². The van der Waals surface area contributed by atoms with Crippen LogP contribution in [0.3, 0.4) is 0 Å². The molecule has 4 heteroatoms. The topological polar surface area (TPSA) is 38.3 Å². The van der Waals surface area contributed by atoms with Crippen LogP contribution in [-0.4, -0.2) is 12.0 Å². The van der Waals surface area contributed by atoms with E-state index in [9.17, 15) is 9.18 Å². The number of nitrogens with one attached hydrogen (secondary N) is 1. The highest BCUT2D eigenvalue weighted by Gasteiger charge is 2.20. The zero-order valence-corrected chi connectivity index (χ0v) is 14.4. The number of hydrogen-bond acceptors (Lipinski definition) is 2. The lowest BCUT2D eigenvalue weighted by Gasteiger charge is -2.21. The van der Waals surface area contributed by atoms with Crippen LogP contribution in [0, 0.1) is 5.82 Å². The summed E-state index contributed by atoms with van der Waals surface area (Å²) in [7, 11) is 0. The Hall–Kier alpha value is -2.36. The highest BCUT2D eigenvalue weighted by molar-refractivity contribution is 5.81. The maximum atomic E-state index is 12.9. The normalized spacial score (nSPS) is 13.2. The predicted molar refractivity (Wildman–Crippen MR) is 93.5 cm³/mol. The van der Waals surface area contributed by atoms with E-state index in [2.05, 4.69) is 24.4 Å². The minimum Gasteiger partial charge on any atom is -0.481 e. The molecule has 24 heavy (non-hydrogen) atoms. The van der Waals surface area contributed by atoms with Crippen molar-refractivity contribution in [1.29, 1.82) is 0 Å². The van der Waals surface area contributed by atoms with E-state index in [1.807, 2.05) is 26.0 Å². The van der Waals surface area contributed by atoms with Gasteiger partial charge in [-0.1, -0.05) is 38.1 Å². The molecule has 2 atom stereocenters. The third-order valence-electron chi connectivity index (χ3n) is 4.00. The number of aryl methyl sites for hydroxylation is 1. The minimum absolute atomic E-state index is 0.103. The molecule has 3 nitrogen and oxygen atoms in total. The molecule has 2 rings (SSSR count). The Kier molecular flexibility index (Phi) is 6.36. The van der Waals surface area contributed by atoms with Crippen molar-refractivity contribution >= 4 is 5.91 Å². The van der Waals surface area contributed by atoms with Gasteiger partial charge in [0.05, 0.1) is 6.04 Å². The lowest BCUT2D eigenvalue weighted by Crippen LogP contribution is -2.39. The van der Waals surface area contributed by atoms with Gasteiger partial charge in [0.1, 0.15) is 11.6 Å². The van der Waals surface area contributed by atoms with Crippen LogP contribution < -0.4 is 10.1 Å². The Morgan fingerprint density at radius 3 is 2.25 bits per heavy atom. The summed E-state index contributed by atoms with van der Waals surface area (Å²) in [5.74, 6) is -0.0174. The molecule has 0 radical (unpaired) electrons. The molecule has 0 aliphatic rings. The van der Waals surface area contributed by atoms with Crippen molar-refractivity contribution in [2.75, 3.05) is 0 Å². The van der Waals surface area contributed by atoms with Gasteiger partial charge in [0, 0.05) is 0 Å². The van der Waals surface area contributed by atoms with Crippen LogP contribution in [0.15, 0.2) is 48.5 Å². The number of carbonyl (C=O) groups excluding carboxylic acids is 1. The minimum atomic E-state index is -0.604. The Morgan fingerprint density at radius 1 is 1.08 bits per heavy atom. The molecule has 128 valence electrons. The van der Waals surface area contributed by atoms with Gasteiger partial charge in [-0.05, 0) is 55.2 Å². The van der Waals surface area contributed by atoms with Gasteiger partial charge in [0.25, 0.3) is 5.91 Å². The van der Waals surface area contributed by atoms with Gasteiger partial charge in [0.2, 0.25) is 0 Å². The van der Waals surface area contributed by atoms with Crippen molar-refractivity contribution in [3.8, 4) is 5.75 Å². The molecule has 0 fully saturated rings. The maximum absolute atomic E-state index is 12.9. The summed E-state index contributed by atoms with van der Waals surface area (Å²) in [6, 6.07) is 13.8. The number of amides is 1. The fraction of sp³-hybridized carbons (Fsp3) is 0.350.